The van der Waals surface area contributed by atoms with E-state index in [9.17, 15) is 4.79 Å². The largest absolute Gasteiger partial charge is 0.327 e. The van der Waals surface area contributed by atoms with Crippen molar-refractivity contribution in [3.63, 3.8) is 0 Å². The summed E-state index contributed by atoms with van der Waals surface area (Å²) in [7, 11) is 0. The van der Waals surface area contributed by atoms with E-state index < -0.39 is 0 Å². The molecular formula is C14H20Cl2N4O. The van der Waals surface area contributed by atoms with E-state index in [0.717, 1.165) is 12.8 Å². The van der Waals surface area contributed by atoms with E-state index in [2.05, 4.69) is 36.1 Å². The molecule has 0 radical (unpaired) electrons. The van der Waals surface area contributed by atoms with Gasteiger partial charge in [0, 0.05) is 12.0 Å². The molecule has 1 heterocycles. The van der Waals surface area contributed by atoms with E-state index in [-0.39, 0.29) is 45.2 Å². The van der Waals surface area contributed by atoms with Crippen molar-refractivity contribution in [2.75, 3.05) is 5.32 Å². The maximum absolute atomic E-state index is 12.6. The maximum Gasteiger partial charge on any atom is 0.229 e. The second-order valence-corrected chi connectivity index (χ2v) is 6.96. The molecule has 3 N–H and O–H groups in total. The quantitative estimate of drug-likeness (QED) is 0.816. The van der Waals surface area contributed by atoms with E-state index in [1.807, 2.05) is 0 Å². The normalized spacial score (nSPS) is 28.2. The van der Waals surface area contributed by atoms with Gasteiger partial charge in [0.25, 0.3) is 0 Å². The van der Waals surface area contributed by atoms with Crippen molar-refractivity contribution in [3.05, 3.63) is 16.5 Å². The first-order chi connectivity index (χ1) is 9.75. The molecule has 1 fully saturated rings. The zero-order chi connectivity index (χ0) is 15.8. The molecular weight excluding hydrogens is 311 g/mol. The number of hydrogen-bond donors (Lipinski definition) is 2. The van der Waals surface area contributed by atoms with Crippen LogP contribution in [-0.2, 0) is 4.79 Å². The molecule has 5 nitrogen and oxygen atoms in total. The molecule has 0 spiro atoms. The van der Waals surface area contributed by atoms with Crippen molar-refractivity contribution >= 4 is 34.9 Å². The fraction of sp³-hybridized carbons (Fsp3) is 0.643. The number of carbonyl (C=O) groups excluding carboxylic acids is 1. The van der Waals surface area contributed by atoms with Gasteiger partial charge in [0.1, 0.15) is 11.3 Å². The molecule has 1 amide bonds. The summed E-state index contributed by atoms with van der Waals surface area (Å²) in [4.78, 5) is 20.3. The van der Waals surface area contributed by atoms with Crippen molar-refractivity contribution < 1.29 is 4.79 Å². The number of rotatable bonds is 2. The van der Waals surface area contributed by atoms with E-state index in [0.29, 0.717) is 0 Å². The van der Waals surface area contributed by atoms with Gasteiger partial charge < -0.3 is 11.1 Å². The highest BCUT2D eigenvalue weighted by molar-refractivity contribution is 6.42. The number of nitrogens with zero attached hydrogens (tertiary/aromatic N) is 2. The van der Waals surface area contributed by atoms with E-state index in [1.165, 1.54) is 6.33 Å². The Morgan fingerprint density at radius 2 is 2.05 bits per heavy atom. The van der Waals surface area contributed by atoms with Crippen LogP contribution in [0.5, 0.6) is 0 Å². The van der Waals surface area contributed by atoms with E-state index in [1.54, 1.807) is 0 Å². The molecule has 0 saturated heterocycles. The number of carbonyl (C=O) groups is 1. The standard InChI is InChI=1S/C14H20Cl2N4O/c1-7-9(17)5-4-8(14(7,2)3)13(21)20-12-10(15)11(16)18-6-19-12/h6-9H,4-5,17H2,1-3H3,(H,18,19,20,21). The first-order valence-corrected chi connectivity index (χ1v) is 7.73. The van der Waals surface area contributed by atoms with Crippen LogP contribution in [0.15, 0.2) is 6.33 Å². The lowest BCUT2D eigenvalue weighted by Gasteiger charge is -2.45. The minimum Gasteiger partial charge on any atom is -0.327 e. The molecule has 0 bridgehead atoms. The minimum atomic E-state index is -0.189. The van der Waals surface area contributed by atoms with Crippen LogP contribution < -0.4 is 11.1 Å². The Labute approximate surface area is 134 Å². The fourth-order valence-electron chi connectivity index (χ4n) is 2.96. The summed E-state index contributed by atoms with van der Waals surface area (Å²) in [5.74, 6) is 0.263. The van der Waals surface area contributed by atoms with E-state index >= 15 is 0 Å². The number of amides is 1. The predicted octanol–water partition coefficient (Wildman–Crippen LogP) is 3.12. The highest BCUT2D eigenvalue weighted by Gasteiger charge is 2.45. The second kappa shape index (κ2) is 6.07. The van der Waals surface area contributed by atoms with Gasteiger partial charge in [-0.3, -0.25) is 4.79 Å². The topological polar surface area (TPSA) is 80.9 Å². The molecule has 0 aliphatic heterocycles. The average molecular weight is 331 g/mol. The number of nitrogens with two attached hydrogens (primary N) is 1. The van der Waals surface area contributed by atoms with E-state index in [4.69, 9.17) is 28.9 Å². The van der Waals surface area contributed by atoms with Crippen LogP contribution in [0.25, 0.3) is 0 Å². The molecule has 0 aromatic carbocycles. The summed E-state index contributed by atoms with van der Waals surface area (Å²) in [6, 6.07) is 0.126. The molecule has 1 aromatic rings. The molecule has 7 heteroatoms. The number of halogens is 2. The molecule has 2 rings (SSSR count). The highest BCUT2D eigenvalue weighted by Crippen LogP contribution is 2.44. The summed E-state index contributed by atoms with van der Waals surface area (Å²) >= 11 is 11.8. The molecule has 1 aromatic heterocycles. The number of aromatic nitrogens is 2. The van der Waals surface area contributed by atoms with Gasteiger partial charge >= 0.3 is 0 Å². The lowest BCUT2D eigenvalue weighted by atomic mass is 9.61. The molecule has 3 unspecified atom stereocenters. The summed E-state index contributed by atoms with van der Waals surface area (Å²) in [6.07, 6.45) is 2.86. The molecule has 116 valence electrons. The first-order valence-electron chi connectivity index (χ1n) is 6.97. The Bertz CT molecular complexity index is 550. The van der Waals surface area contributed by atoms with Gasteiger partial charge in [-0.25, -0.2) is 9.97 Å². The third kappa shape index (κ3) is 3.15. The lowest BCUT2D eigenvalue weighted by Crippen LogP contribution is -2.50. The van der Waals surface area contributed by atoms with Gasteiger partial charge in [0.15, 0.2) is 11.0 Å². The summed E-state index contributed by atoms with van der Waals surface area (Å²) in [5, 5.41) is 3.05. The van der Waals surface area contributed by atoms with Gasteiger partial charge in [-0.2, -0.15) is 0 Å². The molecule has 21 heavy (non-hydrogen) atoms. The van der Waals surface area contributed by atoms with Gasteiger partial charge in [0.05, 0.1) is 0 Å². The van der Waals surface area contributed by atoms with Crippen LogP contribution in [0.3, 0.4) is 0 Å². The smallest absolute Gasteiger partial charge is 0.229 e. The van der Waals surface area contributed by atoms with Crippen molar-refractivity contribution in [2.45, 2.75) is 39.7 Å². The first kappa shape index (κ1) is 16.5. The van der Waals surface area contributed by atoms with Crippen LogP contribution >= 0.6 is 23.2 Å². The summed E-state index contributed by atoms with van der Waals surface area (Å²) in [5.41, 5.74) is 5.93. The number of hydrogen-bond acceptors (Lipinski definition) is 4. The minimum absolute atomic E-state index is 0.101. The van der Waals surface area contributed by atoms with Crippen LogP contribution in [0, 0.1) is 17.3 Å². The fourth-order valence-corrected chi connectivity index (χ4v) is 3.24. The Balaban J connectivity index is 2.18. The maximum atomic E-state index is 12.6. The van der Waals surface area contributed by atoms with Gasteiger partial charge in [-0.05, 0) is 24.2 Å². The third-order valence-corrected chi connectivity index (χ3v) is 5.55. The summed E-state index contributed by atoms with van der Waals surface area (Å²) in [6.45, 7) is 6.25. The molecule has 1 saturated carbocycles. The van der Waals surface area contributed by atoms with Crippen LogP contribution in [0.4, 0.5) is 5.82 Å². The van der Waals surface area contributed by atoms with Crippen LogP contribution in [0.2, 0.25) is 10.2 Å². The molecule has 1 aliphatic rings. The Morgan fingerprint density at radius 1 is 1.38 bits per heavy atom. The SMILES string of the molecule is CC1C(N)CCC(C(=O)Nc2ncnc(Cl)c2Cl)C1(C)C. The van der Waals surface area contributed by atoms with Crippen LogP contribution in [0.1, 0.15) is 33.6 Å². The monoisotopic (exact) mass is 330 g/mol. The second-order valence-electron chi connectivity index (χ2n) is 6.22. The number of nitrogens with one attached hydrogen (secondary N) is 1. The van der Waals surface area contributed by atoms with Gasteiger partial charge in [-0.15, -0.1) is 0 Å². The zero-order valence-electron chi connectivity index (χ0n) is 12.4. The zero-order valence-corrected chi connectivity index (χ0v) is 13.9. The van der Waals surface area contributed by atoms with Crippen molar-refractivity contribution in [2.24, 2.45) is 23.0 Å². The van der Waals surface area contributed by atoms with Gasteiger partial charge in [0.2, 0.25) is 5.91 Å². The number of anilines is 1. The molecule has 1 aliphatic carbocycles. The Kier molecular flexibility index (Phi) is 4.76. The lowest BCUT2D eigenvalue weighted by molar-refractivity contribution is -0.127. The van der Waals surface area contributed by atoms with Crippen molar-refractivity contribution in [1.29, 1.82) is 0 Å². The van der Waals surface area contributed by atoms with Crippen molar-refractivity contribution in [1.82, 2.24) is 9.97 Å². The third-order valence-electron chi connectivity index (χ3n) is 4.81. The summed E-state index contributed by atoms with van der Waals surface area (Å²) < 4.78 is 0. The van der Waals surface area contributed by atoms with Crippen LogP contribution in [-0.4, -0.2) is 21.9 Å². The Hall–Kier alpha value is -0.910. The van der Waals surface area contributed by atoms with Crippen molar-refractivity contribution in [3.8, 4) is 0 Å². The average Bonchev–Trinajstić information content (AvgIpc) is 2.41. The predicted molar refractivity (Wildman–Crippen MR) is 84.3 cm³/mol. The van der Waals surface area contributed by atoms with Gasteiger partial charge in [-0.1, -0.05) is 44.0 Å². The molecule has 3 atom stereocenters. The Morgan fingerprint density at radius 3 is 2.71 bits per heavy atom. The highest BCUT2D eigenvalue weighted by atomic mass is 35.5.